The Balaban J connectivity index is 2.57. The van der Waals surface area contributed by atoms with Gasteiger partial charge < -0.3 is 10.5 Å². The van der Waals surface area contributed by atoms with Gasteiger partial charge in [0.1, 0.15) is 6.61 Å². The van der Waals surface area contributed by atoms with Crippen LogP contribution in [-0.4, -0.2) is 13.2 Å². The Bertz CT molecular complexity index is 323. The van der Waals surface area contributed by atoms with Gasteiger partial charge in [-0.2, -0.15) is 0 Å². The third-order valence-electron chi connectivity index (χ3n) is 1.72. The molecular formula is C11H14FNO. The van der Waals surface area contributed by atoms with Crippen LogP contribution >= 0.6 is 0 Å². The van der Waals surface area contributed by atoms with Crippen molar-refractivity contribution in [1.29, 1.82) is 0 Å². The minimum Gasteiger partial charge on any atom is -0.486 e. The van der Waals surface area contributed by atoms with Crippen LogP contribution in [0.3, 0.4) is 0 Å². The van der Waals surface area contributed by atoms with Gasteiger partial charge in [0, 0.05) is 6.54 Å². The molecule has 0 aliphatic carbocycles. The molecule has 0 saturated carbocycles. The summed E-state index contributed by atoms with van der Waals surface area (Å²) in [7, 11) is 0. The first-order chi connectivity index (χ1) is 6.74. The zero-order valence-electron chi connectivity index (χ0n) is 8.16. The lowest BCUT2D eigenvalue weighted by atomic mass is 10.2. The topological polar surface area (TPSA) is 35.2 Å². The fraction of sp³-hybridized carbons (Fsp3) is 0.273. The van der Waals surface area contributed by atoms with Crippen LogP contribution in [0.15, 0.2) is 30.4 Å². The summed E-state index contributed by atoms with van der Waals surface area (Å²) in [5.41, 5.74) is 6.22. The molecule has 0 aromatic heterocycles. The molecule has 0 unspecified atom stereocenters. The van der Waals surface area contributed by atoms with E-state index in [1.165, 1.54) is 6.07 Å². The number of ether oxygens (including phenoxy) is 1. The van der Waals surface area contributed by atoms with Crippen LogP contribution in [0.25, 0.3) is 0 Å². The number of halogens is 1. The molecule has 0 bridgehead atoms. The molecule has 3 heteroatoms. The fourth-order valence-electron chi connectivity index (χ4n) is 1.02. The predicted octanol–water partition coefficient (Wildman–Crippen LogP) is 2.03. The van der Waals surface area contributed by atoms with E-state index in [-0.39, 0.29) is 11.6 Å². The number of aryl methyl sites for hydroxylation is 1. The van der Waals surface area contributed by atoms with Gasteiger partial charge in [0.05, 0.1) is 0 Å². The van der Waals surface area contributed by atoms with Gasteiger partial charge in [-0.25, -0.2) is 4.39 Å². The Morgan fingerprint density at radius 3 is 2.93 bits per heavy atom. The van der Waals surface area contributed by atoms with Crippen LogP contribution in [-0.2, 0) is 0 Å². The molecule has 0 atom stereocenters. The molecular weight excluding hydrogens is 181 g/mol. The number of hydrogen-bond donors (Lipinski definition) is 1. The third kappa shape index (κ3) is 3.18. The van der Waals surface area contributed by atoms with Crippen LogP contribution in [0, 0.1) is 12.7 Å². The van der Waals surface area contributed by atoms with E-state index in [0.717, 1.165) is 5.56 Å². The zero-order valence-corrected chi connectivity index (χ0v) is 8.16. The Labute approximate surface area is 83.2 Å². The first-order valence-corrected chi connectivity index (χ1v) is 4.48. The van der Waals surface area contributed by atoms with E-state index in [0.29, 0.717) is 13.2 Å². The van der Waals surface area contributed by atoms with Crippen molar-refractivity contribution in [2.24, 2.45) is 5.73 Å². The highest BCUT2D eigenvalue weighted by Crippen LogP contribution is 2.17. The van der Waals surface area contributed by atoms with Crippen LogP contribution in [0.5, 0.6) is 5.75 Å². The SMILES string of the molecule is Cc1ccc(F)c(OCC=CCN)c1. The average molecular weight is 195 g/mol. The molecule has 0 spiro atoms. The number of benzene rings is 1. The predicted molar refractivity (Wildman–Crippen MR) is 54.8 cm³/mol. The second kappa shape index (κ2) is 5.40. The molecule has 0 amide bonds. The average Bonchev–Trinajstić information content (AvgIpc) is 2.18. The van der Waals surface area contributed by atoms with E-state index < -0.39 is 0 Å². The molecule has 2 nitrogen and oxygen atoms in total. The van der Waals surface area contributed by atoms with E-state index in [1.807, 2.05) is 6.92 Å². The smallest absolute Gasteiger partial charge is 0.165 e. The molecule has 0 radical (unpaired) electrons. The van der Waals surface area contributed by atoms with Crippen molar-refractivity contribution < 1.29 is 9.13 Å². The maximum atomic E-state index is 13.1. The standard InChI is InChI=1S/C11H14FNO/c1-9-4-5-10(12)11(8-9)14-7-3-2-6-13/h2-5,8H,6-7,13H2,1H3. The zero-order chi connectivity index (χ0) is 10.4. The van der Waals surface area contributed by atoms with Crippen molar-refractivity contribution in [3.05, 3.63) is 41.7 Å². The van der Waals surface area contributed by atoms with Crippen molar-refractivity contribution in [2.45, 2.75) is 6.92 Å². The van der Waals surface area contributed by atoms with Gasteiger partial charge in [0.15, 0.2) is 11.6 Å². The number of hydrogen-bond acceptors (Lipinski definition) is 2. The van der Waals surface area contributed by atoms with Crippen LogP contribution < -0.4 is 10.5 Å². The van der Waals surface area contributed by atoms with Gasteiger partial charge in [-0.1, -0.05) is 18.2 Å². The van der Waals surface area contributed by atoms with Gasteiger partial charge in [0.25, 0.3) is 0 Å². The number of nitrogens with two attached hydrogens (primary N) is 1. The van der Waals surface area contributed by atoms with E-state index >= 15 is 0 Å². The Kier molecular flexibility index (Phi) is 4.13. The second-order valence-corrected chi connectivity index (χ2v) is 2.95. The lowest BCUT2D eigenvalue weighted by Crippen LogP contribution is -1.98. The van der Waals surface area contributed by atoms with Crippen molar-refractivity contribution >= 4 is 0 Å². The summed E-state index contributed by atoms with van der Waals surface area (Å²) < 4.78 is 18.3. The van der Waals surface area contributed by atoms with Crippen LogP contribution in [0.1, 0.15) is 5.56 Å². The summed E-state index contributed by atoms with van der Waals surface area (Å²) in [6, 6.07) is 4.78. The minimum atomic E-state index is -0.336. The first-order valence-electron chi connectivity index (χ1n) is 4.48. The molecule has 14 heavy (non-hydrogen) atoms. The van der Waals surface area contributed by atoms with Gasteiger partial charge in [-0.15, -0.1) is 0 Å². The largest absolute Gasteiger partial charge is 0.486 e. The molecule has 0 fully saturated rings. The van der Waals surface area contributed by atoms with Crippen molar-refractivity contribution in [2.75, 3.05) is 13.2 Å². The lowest BCUT2D eigenvalue weighted by Gasteiger charge is -2.05. The summed E-state index contributed by atoms with van der Waals surface area (Å²) in [6.07, 6.45) is 3.54. The Hall–Kier alpha value is -1.35. The summed E-state index contributed by atoms with van der Waals surface area (Å²) in [6.45, 7) is 2.71. The fourth-order valence-corrected chi connectivity index (χ4v) is 1.02. The third-order valence-corrected chi connectivity index (χ3v) is 1.72. The summed E-state index contributed by atoms with van der Waals surface area (Å²) in [4.78, 5) is 0. The second-order valence-electron chi connectivity index (χ2n) is 2.95. The first kappa shape index (κ1) is 10.7. The van der Waals surface area contributed by atoms with E-state index in [9.17, 15) is 4.39 Å². The number of rotatable bonds is 4. The highest BCUT2D eigenvalue weighted by Gasteiger charge is 2.01. The van der Waals surface area contributed by atoms with Gasteiger partial charge in [-0.3, -0.25) is 0 Å². The maximum absolute atomic E-state index is 13.1. The summed E-state index contributed by atoms with van der Waals surface area (Å²) in [5, 5.41) is 0. The summed E-state index contributed by atoms with van der Waals surface area (Å²) in [5.74, 6) is -0.0524. The van der Waals surface area contributed by atoms with Gasteiger partial charge in [0.2, 0.25) is 0 Å². The van der Waals surface area contributed by atoms with Crippen molar-refractivity contribution in [3.8, 4) is 5.75 Å². The highest BCUT2D eigenvalue weighted by atomic mass is 19.1. The van der Waals surface area contributed by atoms with E-state index in [4.69, 9.17) is 10.5 Å². The monoisotopic (exact) mass is 195 g/mol. The van der Waals surface area contributed by atoms with Gasteiger partial charge >= 0.3 is 0 Å². The molecule has 0 aliphatic rings. The van der Waals surface area contributed by atoms with Gasteiger partial charge in [-0.05, 0) is 24.6 Å². The van der Waals surface area contributed by atoms with Crippen molar-refractivity contribution in [1.82, 2.24) is 0 Å². The van der Waals surface area contributed by atoms with Crippen molar-refractivity contribution in [3.63, 3.8) is 0 Å². The Morgan fingerprint density at radius 1 is 1.43 bits per heavy atom. The normalized spacial score (nSPS) is 10.8. The molecule has 2 N–H and O–H groups in total. The van der Waals surface area contributed by atoms with E-state index in [2.05, 4.69) is 0 Å². The van der Waals surface area contributed by atoms with Crippen LogP contribution in [0.2, 0.25) is 0 Å². The molecule has 1 aromatic rings. The lowest BCUT2D eigenvalue weighted by molar-refractivity contribution is 0.341. The van der Waals surface area contributed by atoms with E-state index in [1.54, 1.807) is 24.3 Å². The van der Waals surface area contributed by atoms with Crippen LogP contribution in [0.4, 0.5) is 4.39 Å². The molecule has 0 saturated heterocycles. The molecule has 0 aliphatic heterocycles. The summed E-state index contributed by atoms with van der Waals surface area (Å²) >= 11 is 0. The quantitative estimate of drug-likeness (QED) is 0.746. The highest BCUT2D eigenvalue weighted by molar-refractivity contribution is 5.29. The molecule has 76 valence electrons. The molecule has 0 heterocycles. The Morgan fingerprint density at radius 2 is 2.21 bits per heavy atom. The minimum absolute atomic E-state index is 0.284. The maximum Gasteiger partial charge on any atom is 0.165 e. The molecule has 1 rings (SSSR count). The molecule has 1 aromatic carbocycles.